The molecule has 4 unspecified atom stereocenters. The molecule has 13 aliphatic rings. The maximum absolute atomic E-state index is 14.5. The van der Waals surface area contributed by atoms with Crippen molar-refractivity contribution in [3.8, 4) is 0 Å². The summed E-state index contributed by atoms with van der Waals surface area (Å²) in [5.74, 6) is -2.54. The molecule has 19 heteroatoms. The molecule has 13 aliphatic heterocycles. The highest BCUT2D eigenvalue weighted by atomic mass is 16.7. The molecule has 0 amide bonds. The summed E-state index contributed by atoms with van der Waals surface area (Å²) in [7, 11) is 1.70. The van der Waals surface area contributed by atoms with Gasteiger partial charge in [0.1, 0.15) is 12.2 Å². The molecule has 0 aromatic rings. The molecule has 13 fully saturated rings. The van der Waals surface area contributed by atoms with Gasteiger partial charge in [-0.2, -0.15) is 0 Å². The predicted octanol–water partition coefficient (Wildman–Crippen LogP) is 8.14. The minimum atomic E-state index is -0.993. The van der Waals surface area contributed by atoms with Crippen LogP contribution >= 0.6 is 0 Å². The number of ether oxygens (including phenoxy) is 14. The quantitative estimate of drug-likeness (QED) is 0.0904. The van der Waals surface area contributed by atoms with E-state index in [0.29, 0.717) is 51.4 Å². The Morgan fingerprint density at radius 3 is 2.22 bits per heavy atom. The Balaban J connectivity index is 0.720. The molecule has 0 saturated carbocycles. The average molecular weight is 1090 g/mol. The first kappa shape index (κ1) is 54.9. The summed E-state index contributed by atoms with van der Waals surface area (Å²) in [5.41, 5.74) is 11.1. The van der Waals surface area contributed by atoms with Crippen LogP contribution < -0.4 is 0 Å². The topological polar surface area (TPSA) is 215 Å². The van der Waals surface area contributed by atoms with Gasteiger partial charge in [0.15, 0.2) is 17.4 Å². The number of fused-ring (bicyclic) bond motifs is 12. The van der Waals surface area contributed by atoms with E-state index in [9.17, 15) is 9.90 Å². The van der Waals surface area contributed by atoms with Crippen LogP contribution in [0.1, 0.15) is 156 Å². The molecule has 1 N–H and O–H groups in total. The Morgan fingerprint density at radius 1 is 0.628 bits per heavy atom. The fraction of sp³-hybridized carbons (Fsp3) is 0.915. The highest BCUT2D eigenvalue weighted by molar-refractivity contribution is 5.70. The van der Waals surface area contributed by atoms with Gasteiger partial charge in [-0.1, -0.05) is 46.0 Å². The molecule has 434 valence electrons. The fourth-order valence-corrected chi connectivity index (χ4v) is 17.2. The van der Waals surface area contributed by atoms with Gasteiger partial charge < -0.3 is 71.4 Å². The van der Waals surface area contributed by atoms with Crippen LogP contribution in [-0.4, -0.2) is 170 Å². The van der Waals surface area contributed by atoms with E-state index >= 15 is 0 Å². The zero-order chi connectivity index (χ0) is 53.8. The van der Waals surface area contributed by atoms with Crippen molar-refractivity contribution in [1.29, 1.82) is 0 Å². The summed E-state index contributed by atoms with van der Waals surface area (Å²) in [6.07, 6.45) is 7.29. The Kier molecular flexibility index (Phi) is 15.3. The molecule has 0 radical (unpaired) electrons. The number of rotatable bonds is 5. The molecule has 0 aliphatic carbocycles. The van der Waals surface area contributed by atoms with Gasteiger partial charge in [0.05, 0.1) is 129 Å². The highest BCUT2D eigenvalue weighted by Gasteiger charge is 2.61. The first-order chi connectivity index (χ1) is 37.5. The van der Waals surface area contributed by atoms with E-state index < -0.39 is 41.8 Å². The minimum absolute atomic E-state index is 0.00959. The van der Waals surface area contributed by atoms with Gasteiger partial charge in [-0.15, -0.1) is 0 Å². The molecule has 0 aromatic carbocycles. The summed E-state index contributed by atoms with van der Waals surface area (Å²) < 4.78 is 96.0. The van der Waals surface area contributed by atoms with Gasteiger partial charge >= 0.3 is 5.97 Å². The lowest BCUT2D eigenvalue weighted by Gasteiger charge is -2.54. The van der Waals surface area contributed by atoms with E-state index in [-0.39, 0.29) is 146 Å². The van der Waals surface area contributed by atoms with Crippen LogP contribution in [0.5, 0.6) is 0 Å². The highest BCUT2D eigenvalue weighted by Crippen LogP contribution is 2.53. The van der Waals surface area contributed by atoms with Gasteiger partial charge in [-0.05, 0) is 92.2 Å². The van der Waals surface area contributed by atoms with Crippen molar-refractivity contribution in [2.75, 3.05) is 13.7 Å². The number of hydrogen-bond donors (Lipinski definition) is 1. The van der Waals surface area contributed by atoms with Crippen LogP contribution in [0.4, 0.5) is 0 Å². The molecule has 13 heterocycles. The molecule has 10 bridgehead atoms. The molecule has 13 saturated heterocycles. The average Bonchev–Trinajstić information content (AvgIpc) is 4.16. The second kappa shape index (κ2) is 21.7. The van der Waals surface area contributed by atoms with Crippen LogP contribution in [-0.2, 0) is 71.1 Å². The van der Waals surface area contributed by atoms with Crippen molar-refractivity contribution in [2.24, 2.45) is 28.8 Å². The van der Waals surface area contributed by atoms with E-state index in [1.165, 1.54) is 0 Å². The summed E-state index contributed by atoms with van der Waals surface area (Å²) >= 11 is 0. The largest absolute Gasteiger partial charge is 0.459 e. The first-order valence-electron chi connectivity index (χ1n) is 30.3. The van der Waals surface area contributed by atoms with E-state index in [1.54, 1.807) is 7.11 Å². The SMILES string of the molecule is C=C1CC2CC[C@]34CCC(O3)[C@H]3C[C@@H](O4)[C@H]4O[C@H](CC[C@@H]4O3)CC(=O)O[C@@H]3[C@@H](C)[C@@H]4O[C@@H]5C[C@@](C[C@H]6C[C@@H](C)C[C@@]7(C[C@H](C)[C@@H]8OC(CN=[N+]=[N-])[C@H](O)C[C@@H]8O7)O6)(OC)O[C@@H]5C[C@@H]4O[C@H]3C[C@H]3O[C@@H](CCC1O2)C[C@@H](C)C3=C. The van der Waals surface area contributed by atoms with E-state index in [4.69, 9.17) is 71.8 Å². The van der Waals surface area contributed by atoms with Crippen LogP contribution in [0.15, 0.2) is 29.4 Å². The monoisotopic (exact) mass is 1090 g/mol. The van der Waals surface area contributed by atoms with Gasteiger partial charge in [0, 0.05) is 82.1 Å². The maximum atomic E-state index is 14.5. The van der Waals surface area contributed by atoms with Crippen molar-refractivity contribution >= 4 is 5.97 Å². The fourth-order valence-electron chi connectivity index (χ4n) is 17.2. The summed E-state index contributed by atoms with van der Waals surface area (Å²) in [4.78, 5) is 17.4. The zero-order valence-electron chi connectivity index (χ0n) is 46.6. The van der Waals surface area contributed by atoms with Crippen molar-refractivity contribution in [2.45, 2.75) is 302 Å². The van der Waals surface area contributed by atoms with Gasteiger partial charge in [-0.3, -0.25) is 4.79 Å². The number of esters is 1. The normalized spacial score (nSPS) is 54.1. The lowest BCUT2D eigenvalue weighted by Crippen LogP contribution is -2.62. The molecule has 78 heavy (non-hydrogen) atoms. The number of carbonyl (C=O) groups excluding carboxylic acids is 1. The van der Waals surface area contributed by atoms with E-state index in [1.807, 2.05) is 0 Å². The molecule has 28 atom stereocenters. The second-order valence-electron chi connectivity index (χ2n) is 26.6. The Labute approximate surface area is 459 Å². The van der Waals surface area contributed by atoms with Crippen molar-refractivity contribution in [3.63, 3.8) is 0 Å². The van der Waals surface area contributed by atoms with Crippen LogP contribution in [0.2, 0.25) is 0 Å². The summed E-state index contributed by atoms with van der Waals surface area (Å²) in [6, 6.07) is 0. The third-order valence-corrected chi connectivity index (χ3v) is 21.0. The Bertz CT molecular complexity index is 2290. The lowest BCUT2D eigenvalue weighted by atomic mass is 9.78. The summed E-state index contributed by atoms with van der Waals surface area (Å²) in [5, 5.41) is 14.7. The smallest absolute Gasteiger partial charge is 0.308 e. The number of aliphatic hydroxyl groups excluding tert-OH is 1. The Hall–Kier alpha value is -2.30. The number of azide groups is 1. The zero-order valence-corrected chi connectivity index (χ0v) is 46.6. The van der Waals surface area contributed by atoms with Crippen molar-refractivity contribution in [1.82, 2.24) is 0 Å². The van der Waals surface area contributed by atoms with Crippen molar-refractivity contribution < 1.29 is 76.2 Å². The van der Waals surface area contributed by atoms with Crippen LogP contribution in [0.25, 0.3) is 10.4 Å². The summed E-state index contributed by atoms with van der Waals surface area (Å²) in [6.45, 7) is 17.9. The minimum Gasteiger partial charge on any atom is -0.459 e. The van der Waals surface area contributed by atoms with Crippen LogP contribution in [0, 0.1) is 23.7 Å². The number of nitrogens with zero attached hydrogens (tertiary/aromatic N) is 3. The predicted molar refractivity (Wildman–Crippen MR) is 277 cm³/mol. The third-order valence-electron chi connectivity index (χ3n) is 21.0. The maximum Gasteiger partial charge on any atom is 0.308 e. The van der Waals surface area contributed by atoms with Gasteiger partial charge in [-0.25, -0.2) is 0 Å². The number of hydrogen-bond acceptors (Lipinski definition) is 17. The van der Waals surface area contributed by atoms with Gasteiger partial charge in [0.25, 0.3) is 0 Å². The molecule has 13 rings (SSSR count). The van der Waals surface area contributed by atoms with E-state index in [0.717, 1.165) is 81.8 Å². The number of aliphatic hydroxyl groups is 1. The Morgan fingerprint density at radius 2 is 1.37 bits per heavy atom. The molecule has 0 aromatic heterocycles. The van der Waals surface area contributed by atoms with Crippen molar-refractivity contribution in [3.05, 3.63) is 34.7 Å². The number of carbonyl (C=O) groups is 1. The first-order valence-corrected chi connectivity index (χ1v) is 30.3. The standard InChI is InChI=1S/C59H87N3O16/c1-29-16-38(74-59(24-29)25-32(4)53-48(78-59)20-39(63)51(72-53)28-61-62-60)26-58(65-7)27-50-45(76-58)23-47-54(71-50)34(6)55-46(70-47)21-43-33(5)30(2)17-35(67-43)8-10-40-31(3)18-37(66-40)12-14-57-15-13-41(75-57)44-22-49(77-57)56-42(69-44)11-9-36(68-56)19-52(64)73-55/h29-30,32,34-51,53-56,63H,3,5,8-28H2,1-2,4,6-7H3/t29-,30-,32+,34+,35+,36-,37?,38-,39-,40?,41?,42+,43-,44-,45-,46+,47+,48+,49-,50-,51?,53+,54+,55-,56+,57+,58+,59-/m1/s1. The lowest BCUT2D eigenvalue weighted by molar-refractivity contribution is -0.370. The van der Waals surface area contributed by atoms with Crippen LogP contribution in [0.3, 0.4) is 0 Å². The van der Waals surface area contributed by atoms with E-state index in [2.05, 4.69) is 50.9 Å². The third kappa shape index (κ3) is 10.6. The molecular formula is C59H87N3O16. The second-order valence-corrected chi connectivity index (χ2v) is 26.6. The molecule has 2 spiro atoms. The molecular weight excluding hydrogens is 1010 g/mol. The number of methoxy groups -OCH3 is 1. The molecule has 19 nitrogen and oxygen atoms in total. The van der Waals surface area contributed by atoms with Gasteiger partial charge in [0.2, 0.25) is 0 Å².